The number of benzene rings is 1. The van der Waals surface area contributed by atoms with Crippen molar-refractivity contribution in [2.75, 3.05) is 0 Å². The minimum absolute atomic E-state index is 0.0215. The van der Waals surface area contributed by atoms with Crippen molar-refractivity contribution < 1.29 is 15.0 Å². The Morgan fingerprint density at radius 3 is 2.56 bits per heavy atom. The van der Waals surface area contributed by atoms with Crippen LogP contribution in [0.25, 0.3) is 0 Å². The third kappa shape index (κ3) is 2.75. The predicted octanol–water partition coefficient (Wildman–Crippen LogP) is 2.55. The van der Waals surface area contributed by atoms with E-state index >= 15 is 0 Å². The molecule has 0 aromatic heterocycles. The predicted molar refractivity (Wildman–Crippen MR) is 68.7 cm³/mol. The van der Waals surface area contributed by atoms with E-state index in [1.807, 2.05) is 6.92 Å². The zero-order chi connectivity index (χ0) is 13.2. The van der Waals surface area contributed by atoms with Crippen molar-refractivity contribution in [3.8, 4) is 11.5 Å². The summed E-state index contributed by atoms with van der Waals surface area (Å²) in [5.74, 6) is -0.454. The lowest BCUT2D eigenvalue weighted by Crippen LogP contribution is -2.47. The van der Waals surface area contributed by atoms with Crippen LogP contribution in [0.15, 0.2) is 18.2 Å². The standard InChI is InChI=1S/C14H19NO3/c1-14(7-3-2-4-8-14)15-13(18)11-9-10(16)5-6-12(11)17/h5-6,9,16-17H,2-4,7-8H2,1H3,(H,15,18). The molecule has 4 heteroatoms. The minimum atomic E-state index is -0.326. The lowest BCUT2D eigenvalue weighted by atomic mass is 9.83. The molecule has 18 heavy (non-hydrogen) atoms. The van der Waals surface area contributed by atoms with E-state index in [2.05, 4.69) is 5.32 Å². The van der Waals surface area contributed by atoms with Crippen molar-refractivity contribution in [2.45, 2.75) is 44.6 Å². The minimum Gasteiger partial charge on any atom is -0.508 e. The molecule has 1 fully saturated rings. The number of carbonyl (C=O) groups is 1. The van der Waals surface area contributed by atoms with Crippen molar-refractivity contribution in [3.05, 3.63) is 23.8 Å². The summed E-state index contributed by atoms with van der Waals surface area (Å²) in [7, 11) is 0. The average molecular weight is 249 g/mol. The Hall–Kier alpha value is -1.71. The van der Waals surface area contributed by atoms with Crippen LogP contribution < -0.4 is 5.32 Å². The monoisotopic (exact) mass is 249 g/mol. The van der Waals surface area contributed by atoms with Crippen LogP contribution in [0.5, 0.6) is 11.5 Å². The maximum Gasteiger partial charge on any atom is 0.255 e. The van der Waals surface area contributed by atoms with Gasteiger partial charge in [0.1, 0.15) is 11.5 Å². The molecule has 3 N–H and O–H groups in total. The van der Waals surface area contributed by atoms with E-state index in [1.54, 1.807) is 0 Å². The first-order valence-corrected chi connectivity index (χ1v) is 6.35. The molecule has 0 radical (unpaired) electrons. The van der Waals surface area contributed by atoms with Gasteiger partial charge in [-0.25, -0.2) is 0 Å². The SMILES string of the molecule is CC1(NC(=O)c2cc(O)ccc2O)CCCCC1. The average Bonchev–Trinajstić information content (AvgIpc) is 2.32. The summed E-state index contributed by atoms with van der Waals surface area (Å²) < 4.78 is 0. The number of rotatable bonds is 2. The number of hydrogen-bond donors (Lipinski definition) is 3. The van der Waals surface area contributed by atoms with E-state index in [0.717, 1.165) is 25.7 Å². The van der Waals surface area contributed by atoms with Crippen molar-refractivity contribution in [3.63, 3.8) is 0 Å². The molecule has 4 nitrogen and oxygen atoms in total. The lowest BCUT2D eigenvalue weighted by Gasteiger charge is -2.34. The highest BCUT2D eigenvalue weighted by atomic mass is 16.3. The van der Waals surface area contributed by atoms with E-state index in [0.29, 0.717) is 0 Å². The fourth-order valence-electron chi connectivity index (χ4n) is 2.50. The molecular weight excluding hydrogens is 230 g/mol. The number of amides is 1. The second-order valence-corrected chi connectivity index (χ2v) is 5.28. The van der Waals surface area contributed by atoms with Crippen molar-refractivity contribution in [1.29, 1.82) is 0 Å². The van der Waals surface area contributed by atoms with Crippen LogP contribution in [0, 0.1) is 0 Å². The van der Waals surface area contributed by atoms with E-state index in [4.69, 9.17) is 0 Å². The van der Waals surface area contributed by atoms with Crippen LogP contribution in [0.2, 0.25) is 0 Å². The van der Waals surface area contributed by atoms with Gasteiger partial charge in [0.15, 0.2) is 0 Å². The molecule has 0 spiro atoms. The molecule has 1 amide bonds. The summed E-state index contributed by atoms with van der Waals surface area (Å²) in [6.07, 6.45) is 5.35. The van der Waals surface area contributed by atoms with E-state index < -0.39 is 0 Å². The maximum atomic E-state index is 12.1. The molecule has 0 heterocycles. The van der Waals surface area contributed by atoms with Gasteiger partial charge in [-0.3, -0.25) is 4.79 Å². The van der Waals surface area contributed by atoms with E-state index in [9.17, 15) is 15.0 Å². The Balaban J connectivity index is 2.14. The highest BCUT2D eigenvalue weighted by molar-refractivity contribution is 5.97. The van der Waals surface area contributed by atoms with Gasteiger partial charge in [-0.05, 0) is 38.0 Å². The zero-order valence-corrected chi connectivity index (χ0v) is 10.6. The van der Waals surface area contributed by atoms with Gasteiger partial charge in [-0.1, -0.05) is 19.3 Å². The highest BCUT2D eigenvalue weighted by Gasteiger charge is 2.29. The molecule has 0 aliphatic heterocycles. The van der Waals surface area contributed by atoms with Gasteiger partial charge in [0.25, 0.3) is 5.91 Å². The molecule has 1 aliphatic carbocycles. The highest BCUT2D eigenvalue weighted by Crippen LogP contribution is 2.29. The normalized spacial score (nSPS) is 18.3. The summed E-state index contributed by atoms with van der Waals surface area (Å²) in [5, 5.41) is 22.0. The molecular formula is C14H19NO3. The van der Waals surface area contributed by atoms with Crippen molar-refractivity contribution >= 4 is 5.91 Å². The van der Waals surface area contributed by atoms with Crippen LogP contribution in [0.1, 0.15) is 49.4 Å². The van der Waals surface area contributed by atoms with E-state index in [-0.39, 0.29) is 28.5 Å². The van der Waals surface area contributed by atoms with Crippen LogP contribution in [-0.4, -0.2) is 21.7 Å². The van der Waals surface area contributed by atoms with Gasteiger partial charge in [0.05, 0.1) is 5.56 Å². The third-order valence-corrected chi connectivity index (χ3v) is 3.60. The third-order valence-electron chi connectivity index (χ3n) is 3.60. The molecule has 2 rings (SSSR count). The Morgan fingerprint density at radius 2 is 1.89 bits per heavy atom. The number of aromatic hydroxyl groups is 2. The number of hydrogen-bond acceptors (Lipinski definition) is 3. The molecule has 98 valence electrons. The van der Waals surface area contributed by atoms with Crippen molar-refractivity contribution in [1.82, 2.24) is 5.32 Å². The van der Waals surface area contributed by atoms with Crippen LogP contribution >= 0.6 is 0 Å². The lowest BCUT2D eigenvalue weighted by molar-refractivity contribution is 0.0879. The van der Waals surface area contributed by atoms with Gasteiger partial charge in [-0.15, -0.1) is 0 Å². The molecule has 0 unspecified atom stereocenters. The Morgan fingerprint density at radius 1 is 1.22 bits per heavy atom. The van der Waals surface area contributed by atoms with Crippen molar-refractivity contribution in [2.24, 2.45) is 0 Å². The summed E-state index contributed by atoms with van der Waals surface area (Å²) in [6, 6.07) is 3.97. The van der Waals surface area contributed by atoms with Crippen LogP contribution in [-0.2, 0) is 0 Å². The topological polar surface area (TPSA) is 69.6 Å². The smallest absolute Gasteiger partial charge is 0.255 e. The van der Waals surface area contributed by atoms with E-state index in [1.165, 1.54) is 24.6 Å². The fourth-order valence-corrected chi connectivity index (χ4v) is 2.50. The molecule has 1 saturated carbocycles. The fraction of sp³-hybridized carbons (Fsp3) is 0.500. The van der Waals surface area contributed by atoms with Crippen LogP contribution in [0.3, 0.4) is 0 Å². The molecule has 1 aromatic carbocycles. The Labute approximate surface area is 107 Å². The number of carbonyl (C=O) groups excluding carboxylic acids is 1. The first-order valence-electron chi connectivity index (χ1n) is 6.35. The summed E-state index contributed by atoms with van der Waals surface area (Å²) >= 11 is 0. The quantitative estimate of drug-likeness (QED) is 0.705. The summed E-state index contributed by atoms with van der Waals surface area (Å²) in [5.41, 5.74) is -0.0745. The number of phenolic OH excluding ortho intramolecular Hbond substituents is 2. The molecule has 0 atom stereocenters. The van der Waals surface area contributed by atoms with Crippen LogP contribution in [0.4, 0.5) is 0 Å². The second-order valence-electron chi connectivity index (χ2n) is 5.28. The second kappa shape index (κ2) is 4.88. The molecule has 1 aromatic rings. The molecule has 0 saturated heterocycles. The maximum absolute atomic E-state index is 12.1. The largest absolute Gasteiger partial charge is 0.508 e. The first-order chi connectivity index (χ1) is 8.50. The summed E-state index contributed by atoms with van der Waals surface area (Å²) in [6.45, 7) is 2.03. The van der Waals surface area contributed by atoms with Gasteiger partial charge >= 0.3 is 0 Å². The van der Waals surface area contributed by atoms with Gasteiger partial charge in [0, 0.05) is 5.54 Å². The zero-order valence-electron chi connectivity index (χ0n) is 10.6. The first kappa shape index (κ1) is 12.7. The summed E-state index contributed by atoms with van der Waals surface area (Å²) in [4.78, 5) is 12.1. The van der Waals surface area contributed by atoms with Gasteiger partial charge < -0.3 is 15.5 Å². The molecule has 0 bridgehead atoms. The Bertz CT molecular complexity index is 450. The Kier molecular flexibility index (Phi) is 3.45. The van der Waals surface area contributed by atoms with Gasteiger partial charge in [-0.2, -0.15) is 0 Å². The number of phenols is 2. The van der Waals surface area contributed by atoms with Gasteiger partial charge in [0.2, 0.25) is 0 Å². The molecule has 1 aliphatic rings. The number of nitrogens with one attached hydrogen (secondary N) is 1.